The third-order valence-corrected chi connectivity index (χ3v) is 4.08. The Morgan fingerprint density at radius 2 is 1.67 bits per heavy atom. The highest BCUT2D eigenvalue weighted by Crippen LogP contribution is 2.25. The molecule has 0 unspecified atom stereocenters. The molecule has 0 saturated heterocycles. The first-order valence-corrected chi connectivity index (χ1v) is 8.52. The molecule has 3 rings (SSSR count). The summed E-state index contributed by atoms with van der Waals surface area (Å²) in [4.78, 5) is 10.7. The van der Waals surface area contributed by atoms with Crippen molar-refractivity contribution in [3.05, 3.63) is 90.0 Å². The Balaban J connectivity index is 1.72. The fraction of sp³-hybridized carbons (Fsp3) is 0.0870. The van der Waals surface area contributed by atoms with Crippen LogP contribution in [0.3, 0.4) is 0 Å². The third kappa shape index (κ3) is 4.98. The molecule has 3 aromatic carbocycles. The summed E-state index contributed by atoms with van der Waals surface area (Å²) in [5.74, 6) is 0.466. The first-order valence-electron chi connectivity index (χ1n) is 8.52. The van der Waals surface area contributed by atoms with Crippen molar-refractivity contribution >= 4 is 12.0 Å². The second-order valence-corrected chi connectivity index (χ2v) is 5.92. The van der Waals surface area contributed by atoms with E-state index in [-0.39, 0.29) is 0 Å². The molecule has 0 bridgehead atoms. The molecule has 0 atom stereocenters. The van der Waals surface area contributed by atoms with Crippen LogP contribution >= 0.6 is 0 Å². The van der Waals surface area contributed by atoms with E-state index in [1.165, 1.54) is 0 Å². The molecule has 0 aliphatic carbocycles. The lowest BCUT2D eigenvalue weighted by Crippen LogP contribution is -1.99. The Hall–Kier alpha value is -3.53. The lowest BCUT2D eigenvalue weighted by atomic mass is 10.1. The first-order chi connectivity index (χ1) is 13.2. The van der Waals surface area contributed by atoms with Crippen LogP contribution in [-0.4, -0.2) is 18.2 Å². The van der Waals surface area contributed by atoms with Crippen LogP contribution in [-0.2, 0) is 11.4 Å². The average Bonchev–Trinajstić information content (AvgIpc) is 2.71. The molecule has 0 heterocycles. The highest BCUT2D eigenvalue weighted by atomic mass is 16.5. The normalized spacial score (nSPS) is 10.7. The molecule has 0 amide bonds. The topological polar surface area (TPSA) is 55.8 Å². The van der Waals surface area contributed by atoms with E-state index in [1.807, 2.05) is 48.5 Å². The van der Waals surface area contributed by atoms with Gasteiger partial charge in [0, 0.05) is 11.6 Å². The van der Waals surface area contributed by atoms with Gasteiger partial charge in [-0.15, -0.1) is 0 Å². The minimum atomic E-state index is -0.984. The molecule has 1 N–H and O–H groups in total. The first kappa shape index (κ1) is 18.3. The van der Waals surface area contributed by atoms with Gasteiger partial charge in [-0.1, -0.05) is 48.5 Å². The van der Waals surface area contributed by atoms with Gasteiger partial charge in [-0.25, -0.2) is 4.79 Å². The number of methoxy groups -OCH3 is 1. The summed E-state index contributed by atoms with van der Waals surface area (Å²) in [7, 11) is 1.60. The van der Waals surface area contributed by atoms with Gasteiger partial charge >= 0.3 is 5.97 Å². The molecule has 0 fully saturated rings. The van der Waals surface area contributed by atoms with E-state index < -0.39 is 5.97 Å². The minimum Gasteiger partial charge on any atom is -0.496 e. The Kier molecular flexibility index (Phi) is 5.90. The molecule has 3 aromatic rings. The van der Waals surface area contributed by atoms with Crippen LogP contribution in [0.15, 0.2) is 78.9 Å². The van der Waals surface area contributed by atoms with E-state index in [2.05, 4.69) is 12.1 Å². The Labute approximate surface area is 158 Å². The number of rotatable bonds is 7. The smallest absolute Gasteiger partial charge is 0.328 e. The molecular weight excluding hydrogens is 340 g/mol. The van der Waals surface area contributed by atoms with Crippen LogP contribution in [0.1, 0.15) is 11.1 Å². The summed E-state index contributed by atoms with van der Waals surface area (Å²) < 4.78 is 11.3. The van der Waals surface area contributed by atoms with Crippen LogP contribution in [0.2, 0.25) is 0 Å². The SMILES string of the molecule is COc1ccc(C=CC(=O)O)cc1COc1ccc(-c2ccccc2)cc1. The van der Waals surface area contributed by atoms with Gasteiger partial charge in [-0.2, -0.15) is 0 Å². The molecule has 4 nitrogen and oxygen atoms in total. The zero-order chi connectivity index (χ0) is 19.1. The summed E-state index contributed by atoms with van der Waals surface area (Å²) in [5.41, 5.74) is 3.90. The van der Waals surface area contributed by atoms with Crippen LogP contribution < -0.4 is 9.47 Å². The Morgan fingerprint density at radius 3 is 2.33 bits per heavy atom. The maximum atomic E-state index is 10.7. The number of carboxylic acids is 1. The van der Waals surface area contributed by atoms with Gasteiger partial charge in [0.2, 0.25) is 0 Å². The van der Waals surface area contributed by atoms with E-state index >= 15 is 0 Å². The maximum absolute atomic E-state index is 10.7. The number of carboxylic acid groups (broad SMARTS) is 1. The van der Waals surface area contributed by atoms with Gasteiger partial charge in [0.25, 0.3) is 0 Å². The van der Waals surface area contributed by atoms with Gasteiger partial charge in [-0.3, -0.25) is 0 Å². The molecule has 0 radical (unpaired) electrons. The van der Waals surface area contributed by atoms with Crippen LogP contribution in [0.4, 0.5) is 0 Å². The standard InChI is InChI=1S/C23H20O4/c1-26-22-13-7-17(8-14-23(24)25)15-20(22)16-27-21-11-9-19(10-12-21)18-5-3-2-4-6-18/h2-15H,16H2,1H3,(H,24,25). The van der Waals surface area contributed by atoms with Crippen molar-refractivity contribution in [2.75, 3.05) is 7.11 Å². The van der Waals surface area contributed by atoms with E-state index in [4.69, 9.17) is 14.6 Å². The second-order valence-electron chi connectivity index (χ2n) is 5.92. The molecular formula is C23H20O4. The van der Waals surface area contributed by atoms with Gasteiger partial charge in [-0.05, 0) is 47.0 Å². The number of carbonyl (C=O) groups is 1. The lowest BCUT2D eigenvalue weighted by molar-refractivity contribution is -0.131. The monoisotopic (exact) mass is 360 g/mol. The molecule has 0 saturated carbocycles. The number of hydrogen-bond acceptors (Lipinski definition) is 3. The lowest BCUT2D eigenvalue weighted by Gasteiger charge is -2.12. The highest BCUT2D eigenvalue weighted by Gasteiger charge is 2.06. The molecule has 4 heteroatoms. The van der Waals surface area contributed by atoms with E-state index in [1.54, 1.807) is 25.3 Å². The van der Waals surface area contributed by atoms with E-state index in [0.717, 1.165) is 34.1 Å². The summed E-state index contributed by atoms with van der Waals surface area (Å²) >= 11 is 0. The molecule has 0 spiro atoms. The van der Waals surface area contributed by atoms with Crippen molar-refractivity contribution in [1.82, 2.24) is 0 Å². The quantitative estimate of drug-likeness (QED) is 0.600. The second kappa shape index (κ2) is 8.72. The van der Waals surface area contributed by atoms with Gasteiger partial charge < -0.3 is 14.6 Å². The fourth-order valence-corrected chi connectivity index (χ4v) is 2.72. The van der Waals surface area contributed by atoms with Crippen molar-refractivity contribution in [3.63, 3.8) is 0 Å². The number of hydrogen-bond donors (Lipinski definition) is 1. The van der Waals surface area contributed by atoms with E-state index in [0.29, 0.717) is 12.4 Å². The van der Waals surface area contributed by atoms with Gasteiger partial charge in [0.1, 0.15) is 18.1 Å². The predicted octanol–water partition coefficient (Wildman–Crippen LogP) is 5.04. The summed E-state index contributed by atoms with van der Waals surface area (Å²) in [6, 6.07) is 23.5. The van der Waals surface area contributed by atoms with Crippen molar-refractivity contribution in [2.45, 2.75) is 6.61 Å². The van der Waals surface area contributed by atoms with E-state index in [9.17, 15) is 4.79 Å². The van der Waals surface area contributed by atoms with Crippen molar-refractivity contribution in [3.8, 4) is 22.6 Å². The Bertz CT molecular complexity index is 928. The fourth-order valence-electron chi connectivity index (χ4n) is 2.72. The number of aliphatic carboxylic acids is 1. The third-order valence-electron chi connectivity index (χ3n) is 4.08. The summed E-state index contributed by atoms with van der Waals surface area (Å²) in [6.07, 6.45) is 2.65. The average molecular weight is 360 g/mol. The van der Waals surface area contributed by atoms with Crippen LogP contribution in [0, 0.1) is 0 Å². The number of benzene rings is 3. The van der Waals surface area contributed by atoms with Crippen molar-refractivity contribution in [2.24, 2.45) is 0 Å². The molecule has 136 valence electrons. The number of ether oxygens (including phenoxy) is 2. The minimum absolute atomic E-state index is 0.322. The van der Waals surface area contributed by atoms with Crippen LogP contribution in [0.25, 0.3) is 17.2 Å². The van der Waals surface area contributed by atoms with Gasteiger partial charge in [0.05, 0.1) is 7.11 Å². The van der Waals surface area contributed by atoms with Gasteiger partial charge in [0.15, 0.2) is 0 Å². The summed E-state index contributed by atoms with van der Waals surface area (Å²) in [6.45, 7) is 0.322. The largest absolute Gasteiger partial charge is 0.496 e. The molecule has 27 heavy (non-hydrogen) atoms. The molecule has 0 aliphatic heterocycles. The zero-order valence-electron chi connectivity index (χ0n) is 15.0. The molecule has 0 aromatic heterocycles. The zero-order valence-corrected chi connectivity index (χ0v) is 15.0. The predicted molar refractivity (Wildman–Crippen MR) is 106 cm³/mol. The highest BCUT2D eigenvalue weighted by molar-refractivity contribution is 5.85. The Morgan fingerprint density at radius 1 is 0.963 bits per heavy atom. The van der Waals surface area contributed by atoms with Crippen molar-refractivity contribution in [1.29, 1.82) is 0 Å². The van der Waals surface area contributed by atoms with Crippen molar-refractivity contribution < 1.29 is 19.4 Å². The van der Waals surface area contributed by atoms with Crippen LogP contribution in [0.5, 0.6) is 11.5 Å². The molecule has 0 aliphatic rings. The summed E-state index contributed by atoms with van der Waals surface area (Å²) in [5, 5.41) is 8.77. The maximum Gasteiger partial charge on any atom is 0.328 e.